The summed E-state index contributed by atoms with van der Waals surface area (Å²) in [6, 6.07) is 9.71. The number of carbonyl (C=O) groups is 2. The number of carbonyl (C=O) groups excluding carboxylic acids is 2. The lowest BCUT2D eigenvalue weighted by atomic mass is 10.1. The molecule has 130 valence electrons. The zero-order valence-corrected chi connectivity index (χ0v) is 13.5. The molecule has 2 N–H and O–H groups in total. The number of nitro benzene ring substituents is 1. The van der Waals surface area contributed by atoms with Crippen LogP contribution in [0.5, 0.6) is 0 Å². The largest absolute Gasteiger partial charge is 0.452 e. The maximum atomic E-state index is 11.8. The molecular weight excluding hydrogens is 352 g/mol. The van der Waals surface area contributed by atoms with E-state index >= 15 is 0 Å². The number of nitrogens with zero attached hydrogens (tertiary/aromatic N) is 1. The van der Waals surface area contributed by atoms with Crippen molar-refractivity contribution >= 4 is 34.9 Å². The second kappa shape index (κ2) is 8.22. The molecule has 25 heavy (non-hydrogen) atoms. The van der Waals surface area contributed by atoms with Crippen LogP contribution in [0.1, 0.15) is 15.9 Å². The number of hydrogen-bond acceptors (Lipinski definition) is 6. The molecule has 0 aromatic heterocycles. The van der Waals surface area contributed by atoms with E-state index in [4.69, 9.17) is 21.4 Å². The summed E-state index contributed by atoms with van der Waals surface area (Å²) in [5.41, 5.74) is 0.413. The van der Waals surface area contributed by atoms with Crippen LogP contribution in [0.25, 0.3) is 0 Å². The van der Waals surface area contributed by atoms with E-state index in [1.165, 1.54) is 24.3 Å². The number of hydrogen-bond donors (Lipinski definition) is 2. The molecule has 0 aliphatic rings. The third-order valence-corrected chi connectivity index (χ3v) is 3.37. The summed E-state index contributed by atoms with van der Waals surface area (Å²) in [5, 5.41) is 22.4. The minimum absolute atomic E-state index is 0.0918. The average molecular weight is 365 g/mol. The first kappa shape index (κ1) is 18.4. The molecule has 2 rings (SSSR count). The number of ether oxygens (including phenoxy) is 1. The fraction of sp³-hybridized carbons (Fsp3) is 0.125. The number of halogens is 1. The lowest BCUT2D eigenvalue weighted by Crippen LogP contribution is -2.21. The Labute approximate surface area is 147 Å². The highest BCUT2D eigenvalue weighted by Crippen LogP contribution is 2.27. The maximum absolute atomic E-state index is 11.8. The van der Waals surface area contributed by atoms with Crippen LogP contribution in [0.3, 0.4) is 0 Å². The molecule has 0 spiro atoms. The normalized spacial score (nSPS) is 10.2. The Bertz CT molecular complexity index is 807. The number of benzene rings is 2. The first-order valence-electron chi connectivity index (χ1n) is 7.01. The number of aliphatic hydroxyl groups is 1. The molecule has 0 aliphatic carbocycles. The van der Waals surface area contributed by atoms with Gasteiger partial charge in [-0.2, -0.15) is 0 Å². The van der Waals surface area contributed by atoms with E-state index in [-0.39, 0.29) is 28.6 Å². The summed E-state index contributed by atoms with van der Waals surface area (Å²) in [4.78, 5) is 33.9. The monoisotopic (exact) mass is 364 g/mol. The summed E-state index contributed by atoms with van der Waals surface area (Å²) in [6.07, 6.45) is 0. The highest BCUT2D eigenvalue weighted by atomic mass is 35.5. The van der Waals surface area contributed by atoms with Crippen molar-refractivity contribution in [3.63, 3.8) is 0 Å². The molecule has 0 saturated carbocycles. The Morgan fingerprint density at radius 2 is 1.88 bits per heavy atom. The van der Waals surface area contributed by atoms with Gasteiger partial charge >= 0.3 is 5.97 Å². The van der Waals surface area contributed by atoms with Gasteiger partial charge in [-0.25, -0.2) is 4.79 Å². The summed E-state index contributed by atoms with van der Waals surface area (Å²) < 4.78 is 4.85. The minimum Gasteiger partial charge on any atom is -0.452 e. The lowest BCUT2D eigenvalue weighted by Gasteiger charge is -2.08. The van der Waals surface area contributed by atoms with Gasteiger partial charge in [0.25, 0.3) is 11.6 Å². The summed E-state index contributed by atoms with van der Waals surface area (Å²) >= 11 is 5.76. The van der Waals surface area contributed by atoms with Crippen LogP contribution in [-0.2, 0) is 16.1 Å². The molecular formula is C16H13ClN2O6. The van der Waals surface area contributed by atoms with E-state index in [2.05, 4.69) is 5.32 Å². The Balaban J connectivity index is 1.97. The zero-order valence-electron chi connectivity index (χ0n) is 12.8. The Kier molecular flexibility index (Phi) is 6.04. The molecule has 0 atom stereocenters. The fourth-order valence-electron chi connectivity index (χ4n) is 1.91. The van der Waals surface area contributed by atoms with Gasteiger partial charge in [0.1, 0.15) is 5.69 Å². The van der Waals surface area contributed by atoms with Crippen molar-refractivity contribution in [2.75, 3.05) is 11.9 Å². The standard InChI is InChI=1S/C16H13ClN2O6/c17-12-5-6-14(19(23)24)13(7-12)18-15(21)9-25-16(22)11-3-1-10(8-20)2-4-11/h1-7,20H,8-9H2,(H,18,21). The highest BCUT2D eigenvalue weighted by molar-refractivity contribution is 6.31. The number of nitro groups is 1. The van der Waals surface area contributed by atoms with Crippen LogP contribution in [0.2, 0.25) is 5.02 Å². The molecule has 0 heterocycles. The van der Waals surface area contributed by atoms with Crippen LogP contribution in [-0.4, -0.2) is 28.5 Å². The maximum Gasteiger partial charge on any atom is 0.338 e. The molecule has 0 aliphatic heterocycles. The third-order valence-electron chi connectivity index (χ3n) is 3.14. The zero-order chi connectivity index (χ0) is 18.4. The minimum atomic E-state index is -0.745. The van der Waals surface area contributed by atoms with E-state index in [1.54, 1.807) is 12.1 Å². The molecule has 0 fully saturated rings. The van der Waals surface area contributed by atoms with E-state index < -0.39 is 23.4 Å². The van der Waals surface area contributed by atoms with Gasteiger partial charge in [-0.15, -0.1) is 0 Å². The van der Waals surface area contributed by atoms with Crippen LogP contribution in [0.4, 0.5) is 11.4 Å². The van der Waals surface area contributed by atoms with E-state index in [9.17, 15) is 19.7 Å². The number of esters is 1. The van der Waals surface area contributed by atoms with E-state index in [1.807, 2.05) is 0 Å². The lowest BCUT2D eigenvalue weighted by molar-refractivity contribution is -0.383. The van der Waals surface area contributed by atoms with Crippen molar-refractivity contribution in [1.29, 1.82) is 0 Å². The van der Waals surface area contributed by atoms with Crippen molar-refractivity contribution in [1.82, 2.24) is 0 Å². The second-order valence-corrected chi connectivity index (χ2v) is 5.33. The van der Waals surface area contributed by atoms with Crippen LogP contribution >= 0.6 is 11.6 Å². The van der Waals surface area contributed by atoms with Gasteiger partial charge in [0.15, 0.2) is 6.61 Å². The molecule has 8 nitrogen and oxygen atoms in total. The van der Waals surface area contributed by atoms with Gasteiger partial charge in [0.2, 0.25) is 0 Å². The van der Waals surface area contributed by atoms with Crippen LogP contribution in [0, 0.1) is 10.1 Å². The van der Waals surface area contributed by atoms with Gasteiger partial charge in [0, 0.05) is 11.1 Å². The molecule has 2 aromatic carbocycles. The topological polar surface area (TPSA) is 119 Å². The number of anilines is 1. The first-order valence-corrected chi connectivity index (χ1v) is 7.39. The van der Waals surface area contributed by atoms with E-state index in [0.29, 0.717) is 5.56 Å². The Morgan fingerprint density at radius 3 is 2.48 bits per heavy atom. The van der Waals surface area contributed by atoms with Crippen molar-refractivity contribution in [2.24, 2.45) is 0 Å². The first-order chi connectivity index (χ1) is 11.9. The second-order valence-electron chi connectivity index (χ2n) is 4.90. The smallest absolute Gasteiger partial charge is 0.338 e. The fourth-order valence-corrected chi connectivity index (χ4v) is 2.09. The van der Waals surface area contributed by atoms with Crippen molar-refractivity contribution in [2.45, 2.75) is 6.61 Å². The predicted octanol–water partition coefficient (Wildman–Crippen LogP) is 2.54. The van der Waals surface area contributed by atoms with Gasteiger partial charge in [-0.1, -0.05) is 23.7 Å². The van der Waals surface area contributed by atoms with Gasteiger partial charge in [0.05, 0.1) is 17.1 Å². The summed E-state index contributed by atoms with van der Waals surface area (Å²) in [6.45, 7) is -0.777. The predicted molar refractivity (Wildman–Crippen MR) is 89.4 cm³/mol. The van der Waals surface area contributed by atoms with Gasteiger partial charge in [-0.3, -0.25) is 14.9 Å². The summed E-state index contributed by atoms with van der Waals surface area (Å²) in [7, 11) is 0. The number of rotatable bonds is 6. The van der Waals surface area contributed by atoms with Crippen LogP contribution in [0.15, 0.2) is 42.5 Å². The molecule has 0 radical (unpaired) electrons. The molecule has 0 bridgehead atoms. The van der Waals surface area contributed by atoms with Crippen LogP contribution < -0.4 is 5.32 Å². The molecule has 2 aromatic rings. The van der Waals surface area contributed by atoms with Gasteiger partial charge in [-0.05, 0) is 29.8 Å². The van der Waals surface area contributed by atoms with Crippen molar-refractivity contribution in [3.05, 3.63) is 68.7 Å². The molecule has 9 heteroatoms. The number of aliphatic hydroxyl groups excluding tert-OH is 1. The van der Waals surface area contributed by atoms with Crippen molar-refractivity contribution in [3.8, 4) is 0 Å². The quantitative estimate of drug-likeness (QED) is 0.462. The molecule has 1 amide bonds. The van der Waals surface area contributed by atoms with Crippen molar-refractivity contribution < 1.29 is 24.4 Å². The van der Waals surface area contributed by atoms with Gasteiger partial charge < -0.3 is 15.2 Å². The average Bonchev–Trinajstić information content (AvgIpc) is 2.59. The SMILES string of the molecule is O=C(COC(=O)c1ccc(CO)cc1)Nc1cc(Cl)ccc1[N+](=O)[O-]. The van der Waals surface area contributed by atoms with E-state index in [0.717, 1.165) is 6.07 Å². The third kappa shape index (κ3) is 5.00. The Hall–Kier alpha value is -2.97. The number of nitrogens with one attached hydrogen (secondary N) is 1. The number of amides is 1. The molecule has 0 saturated heterocycles. The Morgan fingerprint density at radius 1 is 1.20 bits per heavy atom. The summed E-state index contributed by atoms with van der Waals surface area (Å²) in [5.74, 6) is -1.48. The highest BCUT2D eigenvalue weighted by Gasteiger charge is 2.17. The molecule has 0 unspecified atom stereocenters.